The molecule has 0 atom stereocenters. The maximum atomic E-state index is 12.5. The van der Waals surface area contributed by atoms with Crippen LogP contribution in [0, 0.1) is 5.82 Å². The van der Waals surface area contributed by atoms with E-state index >= 15 is 0 Å². The number of hydrogen-bond acceptors (Lipinski definition) is 1. The first-order chi connectivity index (χ1) is 5.88. The van der Waals surface area contributed by atoms with Gasteiger partial charge in [0.15, 0.2) is 0 Å². The number of rotatable bonds is 1. The molecule has 1 rings (SSSR count). The van der Waals surface area contributed by atoms with Crippen molar-refractivity contribution in [3.8, 4) is 5.75 Å². The highest BCUT2D eigenvalue weighted by atomic mass is 35.6. The quantitative estimate of drug-likeness (QED) is 0.691. The van der Waals surface area contributed by atoms with Gasteiger partial charge in [0.1, 0.15) is 11.6 Å². The predicted molar refractivity (Wildman–Crippen MR) is 52.3 cm³/mol. The molecule has 1 aromatic carbocycles. The van der Waals surface area contributed by atoms with Crippen molar-refractivity contribution in [1.82, 2.24) is 0 Å². The van der Waals surface area contributed by atoms with Crippen molar-refractivity contribution in [3.05, 3.63) is 29.0 Å². The van der Waals surface area contributed by atoms with E-state index in [9.17, 15) is 4.39 Å². The molecular weight excluding hydrogens is 261 g/mol. The summed E-state index contributed by atoms with van der Waals surface area (Å²) in [6.07, 6.45) is 0. The van der Waals surface area contributed by atoms with Crippen LogP contribution in [0.3, 0.4) is 0 Å². The second kappa shape index (κ2) is 4.09. The minimum Gasteiger partial charge on any atom is -0.444 e. The average Bonchev–Trinajstić information content (AvgIpc) is 1.93. The second-order valence-corrected chi connectivity index (χ2v) is 4.71. The van der Waals surface area contributed by atoms with Crippen LogP contribution in [0.2, 0.25) is 5.02 Å². The molecule has 1 aromatic rings. The van der Waals surface area contributed by atoms with Crippen LogP contribution in [0.1, 0.15) is 0 Å². The molecule has 0 amide bonds. The maximum absolute atomic E-state index is 12.5. The minimum atomic E-state index is -1.90. The third-order valence-electron chi connectivity index (χ3n) is 1.12. The Morgan fingerprint density at radius 3 is 2.31 bits per heavy atom. The zero-order valence-corrected chi connectivity index (χ0v) is 9.05. The van der Waals surface area contributed by atoms with E-state index in [1.807, 2.05) is 0 Å². The van der Waals surface area contributed by atoms with Crippen LogP contribution in [0.5, 0.6) is 5.75 Å². The van der Waals surface area contributed by atoms with Gasteiger partial charge in [-0.2, -0.15) is 0 Å². The highest BCUT2D eigenvalue weighted by molar-refractivity contribution is 6.66. The highest BCUT2D eigenvalue weighted by Crippen LogP contribution is 2.34. The summed E-state index contributed by atoms with van der Waals surface area (Å²) in [5.41, 5.74) is 0. The summed E-state index contributed by atoms with van der Waals surface area (Å²) < 4.78 is 15.4. The standard InChI is InChI=1S/C7H3Cl4FO/c8-5-3-4(12)1-2-6(5)13-7(9,10)11/h1-3H. The third-order valence-corrected chi connectivity index (χ3v) is 1.65. The summed E-state index contributed by atoms with van der Waals surface area (Å²) in [7, 11) is 0. The van der Waals surface area contributed by atoms with Crippen LogP contribution in [0.15, 0.2) is 18.2 Å². The zero-order chi connectivity index (χ0) is 10.1. The molecule has 72 valence electrons. The first kappa shape index (κ1) is 11.2. The van der Waals surface area contributed by atoms with Crippen molar-refractivity contribution in [1.29, 1.82) is 0 Å². The monoisotopic (exact) mass is 262 g/mol. The molecule has 0 aliphatic carbocycles. The smallest absolute Gasteiger partial charge is 0.338 e. The Labute approximate surface area is 94.3 Å². The first-order valence-electron chi connectivity index (χ1n) is 3.09. The summed E-state index contributed by atoms with van der Waals surface area (Å²) in [6, 6.07) is 3.49. The van der Waals surface area contributed by atoms with Gasteiger partial charge in [0.2, 0.25) is 0 Å². The van der Waals surface area contributed by atoms with Crippen molar-refractivity contribution in [3.63, 3.8) is 0 Å². The van der Waals surface area contributed by atoms with E-state index in [0.717, 1.165) is 12.1 Å². The topological polar surface area (TPSA) is 9.23 Å². The summed E-state index contributed by atoms with van der Waals surface area (Å²) in [5.74, 6) is -0.371. The molecule has 0 radical (unpaired) electrons. The van der Waals surface area contributed by atoms with Crippen LogP contribution >= 0.6 is 46.4 Å². The van der Waals surface area contributed by atoms with Crippen molar-refractivity contribution < 1.29 is 9.13 Å². The van der Waals surface area contributed by atoms with E-state index in [-0.39, 0.29) is 10.8 Å². The van der Waals surface area contributed by atoms with Crippen molar-refractivity contribution in [2.45, 2.75) is 3.98 Å². The molecule has 0 aliphatic heterocycles. The lowest BCUT2D eigenvalue weighted by Crippen LogP contribution is -2.12. The lowest BCUT2D eigenvalue weighted by atomic mass is 10.3. The van der Waals surface area contributed by atoms with Gasteiger partial charge in [-0.15, -0.1) is 0 Å². The predicted octanol–water partition coefficient (Wildman–Crippen LogP) is 4.19. The van der Waals surface area contributed by atoms with Gasteiger partial charge in [-0.05, 0) is 53.0 Å². The lowest BCUT2D eigenvalue weighted by molar-refractivity contribution is 0.320. The van der Waals surface area contributed by atoms with Gasteiger partial charge in [0.25, 0.3) is 0 Å². The summed E-state index contributed by atoms with van der Waals surface area (Å²) in [6.45, 7) is 0. The van der Waals surface area contributed by atoms with Crippen LogP contribution in [0.4, 0.5) is 4.39 Å². The van der Waals surface area contributed by atoms with Crippen LogP contribution in [-0.2, 0) is 0 Å². The fourth-order valence-electron chi connectivity index (χ4n) is 0.683. The third kappa shape index (κ3) is 3.77. The van der Waals surface area contributed by atoms with Crippen LogP contribution in [-0.4, -0.2) is 3.98 Å². The van der Waals surface area contributed by atoms with E-state index < -0.39 is 9.80 Å². The molecule has 13 heavy (non-hydrogen) atoms. The second-order valence-electron chi connectivity index (χ2n) is 2.12. The van der Waals surface area contributed by atoms with Gasteiger partial charge in [-0.3, -0.25) is 0 Å². The normalized spacial score (nSPS) is 11.5. The Morgan fingerprint density at radius 1 is 1.23 bits per heavy atom. The Balaban J connectivity index is 2.90. The van der Waals surface area contributed by atoms with E-state index in [1.54, 1.807) is 0 Å². The molecule has 0 aliphatic rings. The molecule has 0 saturated heterocycles. The SMILES string of the molecule is Fc1ccc(OC(Cl)(Cl)Cl)c(Cl)c1. The van der Waals surface area contributed by atoms with Crippen LogP contribution < -0.4 is 4.74 Å². The average molecular weight is 264 g/mol. The number of benzene rings is 1. The molecule has 0 fully saturated rings. The molecular formula is C7H3Cl4FO. The maximum Gasteiger partial charge on any atom is 0.338 e. The summed E-state index contributed by atoms with van der Waals surface area (Å²) in [4.78, 5) is 0. The fraction of sp³-hybridized carbons (Fsp3) is 0.143. The number of hydrogen-bond donors (Lipinski definition) is 0. The Hall–Kier alpha value is 0.110. The van der Waals surface area contributed by atoms with E-state index in [2.05, 4.69) is 0 Å². The van der Waals surface area contributed by atoms with Crippen molar-refractivity contribution in [2.24, 2.45) is 0 Å². The van der Waals surface area contributed by atoms with E-state index in [4.69, 9.17) is 51.1 Å². The molecule has 0 unspecified atom stereocenters. The highest BCUT2D eigenvalue weighted by Gasteiger charge is 2.23. The molecule has 6 heteroatoms. The Morgan fingerprint density at radius 2 is 1.85 bits per heavy atom. The summed E-state index contributed by atoms with van der Waals surface area (Å²) >= 11 is 21.6. The van der Waals surface area contributed by atoms with E-state index in [0.29, 0.717) is 0 Å². The fourth-order valence-corrected chi connectivity index (χ4v) is 1.14. The van der Waals surface area contributed by atoms with Crippen molar-refractivity contribution >= 4 is 46.4 Å². The minimum absolute atomic E-state index is 0.0475. The molecule has 0 saturated carbocycles. The molecule has 0 N–H and O–H groups in total. The Bertz CT molecular complexity index is 310. The molecule has 0 bridgehead atoms. The van der Waals surface area contributed by atoms with E-state index in [1.165, 1.54) is 6.07 Å². The Kier molecular flexibility index (Phi) is 3.52. The molecule has 0 spiro atoms. The number of halogens is 5. The molecule has 1 nitrogen and oxygen atoms in total. The van der Waals surface area contributed by atoms with Gasteiger partial charge in [0.05, 0.1) is 5.02 Å². The summed E-state index contributed by atoms with van der Waals surface area (Å²) in [5, 5.41) is 0.0475. The number of ether oxygens (including phenoxy) is 1. The van der Waals surface area contributed by atoms with Crippen molar-refractivity contribution in [2.75, 3.05) is 0 Å². The first-order valence-corrected chi connectivity index (χ1v) is 4.60. The lowest BCUT2D eigenvalue weighted by Gasteiger charge is -2.14. The molecule has 0 aromatic heterocycles. The number of alkyl halides is 3. The zero-order valence-electron chi connectivity index (χ0n) is 6.03. The van der Waals surface area contributed by atoms with Gasteiger partial charge in [0, 0.05) is 0 Å². The van der Waals surface area contributed by atoms with Gasteiger partial charge < -0.3 is 4.74 Å². The van der Waals surface area contributed by atoms with Gasteiger partial charge >= 0.3 is 3.98 Å². The van der Waals surface area contributed by atoms with Gasteiger partial charge in [-0.25, -0.2) is 4.39 Å². The molecule has 0 heterocycles. The van der Waals surface area contributed by atoms with Gasteiger partial charge in [-0.1, -0.05) is 11.6 Å². The largest absolute Gasteiger partial charge is 0.444 e. The van der Waals surface area contributed by atoms with Crippen LogP contribution in [0.25, 0.3) is 0 Å².